The van der Waals surface area contributed by atoms with E-state index in [0.717, 1.165) is 24.9 Å². The van der Waals surface area contributed by atoms with Gasteiger partial charge in [-0.1, -0.05) is 37.4 Å². The highest BCUT2D eigenvalue weighted by Gasteiger charge is 2.35. The number of carbonyl (C=O) groups is 2. The first kappa shape index (κ1) is 18.3. The Bertz CT molecular complexity index is 766. The number of amides is 2. The summed E-state index contributed by atoms with van der Waals surface area (Å²) in [5.41, 5.74) is 0.761. The molecular formula is C17H21ClN6O2. The van der Waals surface area contributed by atoms with Crippen LogP contribution in [0.5, 0.6) is 0 Å². The van der Waals surface area contributed by atoms with Gasteiger partial charge in [0.1, 0.15) is 19.4 Å². The van der Waals surface area contributed by atoms with Crippen molar-refractivity contribution in [3.63, 3.8) is 0 Å². The van der Waals surface area contributed by atoms with Crippen LogP contribution < -0.4 is 4.90 Å². The molecule has 0 unspecified atom stereocenters. The summed E-state index contributed by atoms with van der Waals surface area (Å²) in [4.78, 5) is 28.8. The minimum Gasteiger partial charge on any atom is -0.327 e. The largest absolute Gasteiger partial charge is 0.327 e. The topological polar surface area (TPSA) is 84.2 Å². The van der Waals surface area contributed by atoms with Gasteiger partial charge in [-0.05, 0) is 35.0 Å². The van der Waals surface area contributed by atoms with Crippen LogP contribution >= 0.6 is 11.6 Å². The van der Waals surface area contributed by atoms with Crippen LogP contribution in [0.3, 0.4) is 0 Å². The Morgan fingerprint density at radius 1 is 1.38 bits per heavy atom. The van der Waals surface area contributed by atoms with Gasteiger partial charge in [-0.25, -0.2) is 4.68 Å². The zero-order valence-corrected chi connectivity index (χ0v) is 15.3. The molecule has 1 saturated heterocycles. The summed E-state index contributed by atoms with van der Waals surface area (Å²) in [7, 11) is 0. The number of unbranched alkanes of at least 4 members (excludes halogenated alkanes) is 1. The van der Waals surface area contributed by atoms with E-state index in [0.29, 0.717) is 11.6 Å². The van der Waals surface area contributed by atoms with Crippen molar-refractivity contribution >= 4 is 29.1 Å². The number of tetrazole rings is 1. The van der Waals surface area contributed by atoms with E-state index in [4.69, 9.17) is 11.6 Å². The molecule has 1 fully saturated rings. The van der Waals surface area contributed by atoms with E-state index in [1.165, 1.54) is 11.0 Å². The Morgan fingerprint density at radius 2 is 2.23 bits per heavy atom. The van der Waals surface area contributed by atoms with Gasteiger partial charge < -0.3 is 9.80 Å². The van der Waals surface area contributed by atoms with Crippen molar-refractivity contribution in [2.75, 3.05) is 18.0 Å². The predicted octanol–water partition coefficient (Wildman–Crippen LogP) is 1.76. The number of rotatable bonds is 6. The summed E-state index contributed by atoms with van der Waals surface area (Å²) in [5, 5.41) is 11.4. The summed E-state index contributed by atoms with van der Waals surface area (Å²) < 4.78 is 1.37. The molecule has 0 radical (unpaired) electrons. The second-order valence-electron chi connectivity index (χ2n) is 6.31. The fourth-order valence-electron chi connectivity index (χ4n) is 3.13. The summed E-state index contributed by atoms with van der Waals surface area (Å²) in [6.07, 6.45) is 4.23. The van der Waals surface area contributed by atoms with Crippen LogP contribution in [0.4, 0.5) is 5.69 Å². The van der Waals surface area contributed by atoms with Crippen LogP contribution in [0.1, 0.15) is 26.2 Å². The van der Waals surface area contributed by atoms with Gasteiger partial charge in [0, 0.05) is 17.3 Å². The quantitative estimate of drug-likeness (QED) is 0.767. The van der Waals surface area contributed by atoms with Gasteiger partial charge in [0.15, 0.2) is 0 Å². The Hall–Kier alpha value is -2.48. The number of piperazine rings is 1. The van der Waals surface area contributed by atoms with E-state index >= 15 is 0 Å². The van der Waals surface area contributed by atoms with Gasteiger partial charge >= 0.3 is 0 Å². The predicted molar refractivity (Wildman–Crippen MR) is 96.6 cm³/mol. The van der Waals surface area contributed by atoms with Gasteiger partial charge in [-0.2, -0.15) is 0 Å². The van der Waals surface area contributed by atoms with Crippen LogP contribution in [0.2, 0.25) is 5.02 Å². The minimum atomic E-state index is -0.155. The molecule has 0 aliphatic carbocycles. The van der Waals surface area contributed by atoms with Crippen molar-refractivity contribution in [1.82, 2.24) is 25.1 Å². The van der Waals surface area contributed by atoms with E-state index < -0.39 is 0 Å². The Labute approximate surface area is 156 Å². The maximum atomic E-state index is 12.7. The molecule has 2 amide bonds. The maximum Gasteiger partial charge on any atom is 0.246 e. The van der Waals surface area contributed by atoms with Crippen LogP contribution in [-0.2, 0) is 16.1 Å². The summed E-state index contributed by atoms with van der Waals surface area (Å²) >= 11 is 6.07. The average molecular weight is 377 g/mol. The highest BCUT2D eigenvalue weighted by Crippen LogP contribution is 2.25. The first-order valence-electron chi connectivity index (χ1n) is 8.64. The maximum absolute atomic E-state index is 12.7. The van der Waals surface area contributed by atoms with E-state index in [1.807, 2.05) is 12.1 Å². The lowest BCUT2D eigenvalue weighted by atomic mass is 10.0. The first-order chi connectivity index (χ1) is 12.6. The standard InChI is InChI=1S/C17H21ClN6O2/c1-2-3-6-15-9-23(14-7-4-5-13(18)8-14)17(26)11-24(15)16(25)10-22-12-19-20-21-22/h4-5,7-8,12,15H,2-3,6,9-11H2,1H3/t15-/m0/s1. The number of halogens is 1. The van der Waals surface area contributed by atoms with Crippen molar-refractivity contribution in [3.05, 3.63) is 35.6 Å². The van der Waals surface area contributed by atoms with Crippen molar-refractivity contribution < 1.29 is 9.59 Å². The van der Waals surface area contributed by atoms with Crippen LogP contribution in [-0.4, -0.2) is 56.1 Å². The molecule has 26 heavy (non-hydrogen) atoms. The summed E-state index contributed by atoms with van der Waals surface area (Å²) in [6, 6.07) is 7.18. The smallest absolute Gasteiger partial charge is 0.246 e. The lowest BCUT2D eigenvalue weighted by Crippen LogP contribution is -2.58. The zero-order valence-electron chi connectivity index (χ0n) is 14.6. The summed E-state index contributed by atoms with van der Waals surface area (Å²) in [5.74, 6) is -0.275. The number of aromatic nitrogens is 4. The van der Waals surface area contributed by atoms with E-state index in [2.05, 4.69) is 22.4 Å². The lowest BCUT2D eigenvalue weighted by molar-refractivity contribution is -0.140. The molecular weight excluding hydrogens is 356 g/mol. The molecule has 0 spiro atoms. The molecule has 0 N–H and O–H groups in total. The monoisotopic (exact) mass is 376 g/mol. The molecule has 2 aromatic rings. The van der Waals surface area contributed by atoms with Crippen molar-refractivity contribution in [2.45, 2.75) is 38.8 Å². The molecule has 1 aliphatic rings. The average Bonchev–Trinajstić information content (AvgIpc) is 3.13. The van der Waals surface area contributed by atoms with Crippen molar-refractivity contribution in [3.8, 4) is 0 Å². The fourth-order valence-corrected chi connectivity index (χ4v) is 3.31. The molecule has 2 heterocycles. The van der Waals surface area contributed by atoms with Gasteiger partial charge in [0.25, 0.3) is 0 Å². The van der Waals surface area contributed by atoms with Crippen molar-refractivity contribution in [2.24, 2.45) is 0 Å². The Morgan fingerprint density at radius 3 is 2.92 bits per heavy atom. The lowest BCUT2D eigenvalue weighted by Gasteiger charge is -2.41. The van der Waals surface area contributed by atoms with E-state index in [9.17, 15) is 9.59 Å². The Kier molecular flexibility index (Phi) is 5.82. The second-order valence-corrected chi connectivity index (χ2v) is 6.75. The number of carbonyl (C=O) groups excluding carboxylic acids is 2. The SMILES string of the molecule is CCCC[C@H]1CN(c2cccc(Cl)c2)C(=O)CN1C(=O)Cn1cnnn1. The highest BCUT2D eigenvalue weighted by molar-refractivity contribution is 6.30. The molecule has 3 rings (SSSR count). The zero-order chi connectivity index (χ0) is 18.5. The molecule has 1 aromatic heterocycles. The van der Waals surface area contributed by atoms with Crippen LogP contribution in [0.15, 0.2) is 30.6 Å². The molecule has 9 heteroatoms. The van der Waals surface area contributed by atoms with E-state index in [1.54, 1.807) is 21.9 Å². The number of benzene rings is 1. The molecule has 138 valence electrons. The highest BCUT2D eigenvalue weighted by atomic mass is 35.5. The number of nitrogens with zero attached hydrogens (tertiary/aromatic N) is 6. The van der Waals surface area contributed by atoms with Crippen LogP contribution in [0, 0.1) is 0 Å². The third-order valence-electron chi connectivity index (χ3n) is 4.46. The Balaban J connectivity index is 1.78. The molecule has 1 aromatic carbocycles. The van der Waals surface area contributed by atoms with Gasteiger partial charge in [-0.15, -0.1) is 5.10 Å². The van der Waals surface area contributed by atoms with Crippen LogP contribution in [0.25, 0.3) is 0 Å². The number of hydrogen-bond acceptors (Lipinski definition) is 5. The minimum absolute atomic E-state index is 0.0278. The third kappa shape index (κ3) is 4.19. The number of anilines is 1. The van der Waals surface area contributed by atoms with Gasteiger partial charge in [0.2, 0.25) is 11.8 Å². The second kappa shape index (κ2) is 8.27. The fraction of sp³-hybridized carbons (Fsp3) is 0.471. The van der Waals surface area contributed by atoms with Gasteiger partial charge in [0.05, 0.1) is 6.04 Å². The molecule has 8 nitrogen and oxygen atoms in total. The molecule has 0 saturated carbocycles. The molecule has 1 atom stereocenters. The first-order valence-corrected chi connectivity index (χ1v) is 9.02. The molecule has 0 bridgehead atoms. The van der Waals surface area contributed by atoms with Crippen molar-refractivity contribution in [1.29, 1.82) is 0 Å². The van der Waals surface area contributed by atoms with Gasteiger partial charge in [-0.3, -0.25) is 9.59 Å². The number of hydrogen-bond donors (Lipinski definition) is 0. The third-order valence-corrected chi connectivity index (χ3v) is 4.70. The summed E-state index contributed by atoms with van der Waals surface area (Å²) in [6.45, 7) is 2.64. The normalized spacial score (nSPS) is 17.6. The van der Waals surface area contributed by atoms with E-state index in [-0.39, 0.29) is 30.9 Å². The molecule has 1 aliphatic heterocycles.